The van der Waals surface area contributed by atoms with E-state index in [0.29, 0.717) is 13.2 Å². The fraction of sp³-hybridized carbons (Fsp3) is 0.632. The van der Waals surface area contributed by atoms with Gasteiger partial charge in [-0.25, -0.2) is 0 Å². The lowest BCUT2D eigenvalue weighted by molar-refractivity contribution is -0.143. The van der Waals surface area contributed by atoms with Crippen molar-refractivity contribution in [1.29, 1.82) is 0 Å². The lowest BCUT2D eigenvalue weighted by Crippen LogP contribution is -2.50. The average Bonchev–Trinajstić information content (AvgIpc) is 2.61. The van der Waals surface area contributed by atoms with Crippen molar-refractivity contribution >= 4 is 5.78 Å². The highest BCUT2D eigenvalue weighted by Gasteiger charge is 2.43. The van der Waals surface area contributed by atoms with Gasteiger partial charge in [-0.1, -0.05) is 44.2 Å². The van der Waals surface area contributed by atoms with Crippen LogP contribution in [-0.2, 0) is 16.1 Å². The number of ketones is 1. The van der Waals surface area contributed by atoms with E-state index in [1.165, 1.54) is 5.56 Å². The van der Waals surface area contributed by atoms with Crippen LogP contribution in [0, 0.1) is 11.3 Å². The first-order valence-electron chi connectivity index (χ1n) is 8.60. The Morgan fingerprint density at radius 1 is 1.39 bits per heavy atom. The number of rotatable bonds is 8. The van der Waals surface area contributed by atoms with Gasteiger partial charge in [0.25, 0.3) is 0 Å². The summed E-state index contributed by atoms with van der Waals surface area (Å²) in [5, 5.41) is 9.40. The first-order valence-corrected chi connectivity index (χ1v) is 8.60. The van der Waals surface area contributed by atoms with E-state index in [1.54, 1.807) is 0 Å². The molecule has 2 atom stereocenters. The fourth-order valence-corrected chi connectivity index (χ4v) is 3.40. The average molecular weight is 319 g/mol. The number of Topliss-reactive ketones (excluding diaryl/α,β-unsaturated/α-hetero) is 1. The maximum atomic E-state index is 12.9. The summed E-state index contributed by atoms with van der Waals surface area (Å²) in [5.74, 6) is -0.182. The molecule has 1 saturated heterocycles. The van der Waals surface area contributed by atoms with Crippen LogP contribution in [0.3, 0.4) is 0 Å². The van der Waals surface area contributed by atoms with Gasteiger partial charge >= 0.3 is 0 Å². The van der Waals surface area contributed by atoms with Crippen LogP contribution < -0.4 is 0 Å². The summed E-state index contributed by atoms with van der Waals surface area (Å²) in [6.07, 6.45) is 1.76. The third-order valence-electron chi connectivity index (χ3n) is 4.79. The molecule has 1 fully saturated rings. The summed E-state index contributed by atoms with van der Waals surface area (Å²) in [6, 6.07) is 10.3. The Morgan fingerprint density at radius 3 is 2.70 bits per heavy atom. The summed E-state index contributed by atoms with van der Waals surface area (Å²) in [7, 11) is 0. The Balaban J connectivity index is 2.13. The first kappa shape index (κ1) is 18.1. The monoisotopic (exact) mass is 319 g/mol. The maximum Gasteiger partial charge on any atom is 0.147 e. The molecular formula is C19H29NO3. The van der Waals surface area contributed by atoms with Crippen molar-refractivity contribution in [2.45, 2.75) is 33.2 Å². The quantitative estimate of drug-likeness (QED) is 0.800. The van der Waals surface area contributed by atoms with Crippen LogP contribution in [-0.4, -0.2) is 48.7 Å². The zero-order valence-corrected chi connectivity index (χ0v) is 14.3. The first-order chi connectivity index (χ1) is 11.1. The summed E-state index contributed by atoms with van der Waals surface area (Å²) in [4.78, 5) is 15.2. The van der Waals surface area contributed by atoms with Crippen molar-refractivity contribution in [3.8, 4) is 0 Å². The number of aliphatic hydroxyl groups excluding tert-OH is 1. The molecule has 128 valence electrons. The zero-order valence-electron chi connectivity index (χ0n) is 14.3. The maximum absolute atomic E-state index is 12.9. The van der Waals surface area contributed by atoms with E-state index in [9.17, 15) is 9.90 Å². The van der Waals surface area contributed by atoms with Crippen molar-refractivity contribution < 1.29 is 14.6 Å². The van der Waals surface area contributed by atoms with Gasteiger partial charge in [0.2, 0.25) is 0 Å². The Kier molecular flexibility index (Phi) is 6.75. The molecule has 2 unspecified atom stereocenters. The van der Waals surface area contributed by atoms with Crippen molar-refractivity contribution in [1.82, 2.24) is 4.90 Å². The van der Waals surface area contributed by atoms with Gasteiger partial charge < -0.3 is 9.84 Å². The van der Waals surface area contributed by atoms with Crippen molar-refractivity contribution in [2.24, 2.45) is 11.3 Å². The predicted molar refractivity (Wildman–Crippen MR) is 91.1 cm³/mol. The second-order valence-electron chi connectivity index (χ2n) is 6.67. The third kappa shape index (κ3) is 4.63. The molecule has 0 aliphatic carbocycles. The van der Waals surface area contributed by atoms with Gasteiger partial charge in [-0.2, -0.15) is 0 Å². The smallest absolute Gasteiger partial charge is 0.147 e. The number of aliphatic hydroxyl groups is 1. The van der Waals surface area contributed by atoms with Crippen LogP contribution in [0.25, 0.3) is 0 Å². The Bertz CT molecular complexity index is 483. The molecule has 1 aliphatic rings. The molecule has 0 spiro atoms. The molecule has 0 saturated carbocycles. The summed E-state index contributed by atoms with van der Waals surface area (Å²) >= 11 is 0. The zero-order chi connectivity index (χ0) is 16.7. The van der Waals surface area contributed by atoms with E-state index < -0.39 is 5.41 Å². The molecule has 1 aliphatic heterocycles. The Labute approximate surface area is 139 Å². The lowest BCUT2D eigenvalue weighted by Gasteiger charge is -2.40. The van der Waals surface area contributed by atoms with Gasteiger partial charge in [-0.3, -0.25) is 9.69 Å². The number of nitrogens with zero attached hydrogens (tertiary/aromatic N) is 1. The van der Waals surface area contributed by atoms with Crippen molar-refractivity contribution in [3.63, 3.8) is 0 Å². The minimum atomic E-state index is -0.481. The van der Waals surface area contributed by atoms with Crippen LogP contribution in [0.5, 0.6) is 0 Å². The highest BCUT2D eigenvalue weighted by atomic mass is 16.5. The second-order valence-corrected chi connectivity index (χ2v) is 6.67. The lowest BCUT2D eigenvalue weighted by atomic mass is 9.74. The van der Waals surface area contributed by atoms with E-state index in [0.717, 1.165) is 32.5 Å². The minimum absolute atomic E-state index is 0.0919. The molecule has 1 heterocycles. The molecule has 1 aromatic rings. The second kappa shape index (κ2) is 8.57. The van der Waals surface area contributed by atoms with Crippen LogP contribution >= 0.6 is 0 Å². The van der Waals surface area contributed by atoms with E-state index in [4.69, 9.17) is 4.74 Å². The number of hydrogen-bond donors (Lipinski definition) is 1. The Morgan fingerprint density at radius 2 is 2.13 bits per heavy atom. The Hall–Kier alpha value is -1.23. The molecule has 0 radical (unpaired) electrons. The molecule has 1 aromatic carbocycles. The van der Waals surface area contributed by atoms with Crippen molar-refractivity contribution in [3.05, 3.63) is 35.9 Å². The standard InChI is InChI=1S/C19H29NO3/c1-3-20(12-17-8-5-4-6-9-17)14-19(10-7-11-23-15-19)18(22)16(2)13-21/h4-6,8-9,16,21H,3,7,10-15H2,1-2H3. The normalized spacial score (nSPS) is 23.0. The van der Waals surface area contributed by atoms with Gasteiger partial charge in [-0.05, 0) is 24.9 Å². The molecular weight excluding hydrogens is 290 g/mol. The number of benzene rings is 1. The number of carbonyl (C=O) groups excluding carboxylic acids is 1. The molecule has 4 nitrogen and oxygen atoms in total. The molecule has 0 amide bonds. The highest BCUT2D eigenvalue weighted by molar-refractivity contribution is 5.87. The molecule has 2 rings (SSSR count). The highest BCUT2D eigenvalue weighted by Crippen LogP contribution is 2.34. The van der Waals surface area contributed by atoms with Gasteiger partial charge in [0, 0.05) is 25.6 Å². The van der Waals surface area contributed by atoms with E-state index in [-0.39, 0.29) is 18.3 Å². The molecule has 23 heavy (non-hydrogen) atoms. The molecule has 4 heteroatoms. The van der Waals surface area contributed by atoms with Crippen LogP contribution in [0.2, 0.25) is 0 Å². The number of hydrogen-bond acceptors (Lipinski definition) is 4. The van der Waals surface area contributed by atoms with E-state index in [2.05, 4.69) is 24.0 Å². The van der Waals surface area contributed by atoms with Crippen LogP contribution in [0.1, 0.15) is 32.3 Å². The SMILES string of the molecule is CCN(Cc1ccccc1)CC1(C(=O)C(C)CO)CCCOC1. The third-order valence-corrected chi connectivity index (χ3v) is 4.79. The fourth-order valence-electron chi connectivity index (χ4n) is 3.40. The largest absolute Gasteiger partial charge is 0.396 e. The van der Waals surface area contributed by atoms with Gasteiger partial charge in [0.15, 0.2) is 0 Å². The van der Waals surface area contributed by atoms with Crippen molar-refractivity contribution in [2.75, 3.05) is 32.9 Å². The summed E-state index contributed by atoms with van der Waals surface area (Å²) in [6.45, 7) is 7.46. The van der Waals surface area contributed by atoms with Crippen LogP contribution in [0.4, 0.5) is 0 Å². The van der Waals surface area contributed by atoms with Gasteiger partial charge in [0.1, 0.15) is 5.78 Å². The summed E-state index contributed by atoms with van der Waals surface area (Å²) in [5.41, 5.74) is 0.773. The van der Waals surface area contributed by atoms with Gasteiger partial charge in [-0.15, -0.1) is 0 Å². The predicted octanol–water partition coefficient (Wildman–Crippen LogP) is 2.50. The summed E-state index contributed by atoms with van der Waals surface area (Å²) < 4.78 is 5.67. The van der Waals surface area contributed by atoms with Crippen LogP contribution in [0.15, 0.2) is 30.3 Å². The van der Waals surface area contributed by atoms with E-state index >= 15 is 0 Å². The minimum Gasteiger partial charge on any atom is -0.396 e. The number of carbonyl (C=O) groups is 1. The van der Waals surface area contributed by atoms with Gasteiger partial charge in [0.05, 0.1) is 18.6 Å². The molecule has 0 bridgehead atoms. The topological polar surface area (TPSA) is 49.8 Å². The number of ether oxygens (including phenoxy) is 1. The molecule has 0 aromatic heterocycles. The van der Waals surface area contributed by atoms with E-state index in [1.807, 2.05) is 25.1 Å². The molecule has 1 N–H and O–H groups in total.